The second-order valence-corrected chi connectivity index (χ2v) is 6.17. The van der Waals surface area contributed by atoms with Gasteiger partial charge >= 0.3 is 0 Å². The van der Waals surface area contributed by atoms with Gasteiger partial charge in [0.2, 0.25) is 5.91 Å². The van der Waals surface area contributed by atoms with Crippen molar-refractivity contribution in [1.29, 1.82) is 0 Å². The molecule has 0 aliphatic carbocycles. The number of piperidine rings is 1. The van der Waals surface area contributed by atoms with Crippen LogP contribution in [0.2, 0.25) is 0 Å². The number of halogens is 2. The predicted octanol–water partition coefficient (Wildman–Crippen LogP) is 1.52. The summed E-state index contributed by atoms with van der Waals surface area (Å²) in [4.78, 5) is 17.4. The van der Waals surface area contributed by atoms with E-state index in [0.29, 0.717) is 18.0 Å². The molecule has 3 heterocycles. The molecule has 3 saturated heterocycles. The molecule has 3 atom stereocenters. The third kappa shape index (κ3) is 3.59. The Morgan fingerprint density at radius 2 is 1.95 bits per heavy atom. The van der Waals surface area contributed by atoms with Crippen LogP contribution in [0, 0.1) is 5.92 Å². The first kappa shape index (κ1) is 18.0. The first-order valence-corrected chi connectivity index (χ1v) is 7.51. The van der Waals surface area contributed by atoms with Gasteiger partial charge in [0.1, 0.15) is 0 Å². The monoisotopic (exact) mass is 323 g/mol. The van der Waals surface area contributed by atoms with E-state index in [9.17, 15) is 4.79 Å². The zero-order valence-electron chi connectivity index (χ0n) is 12.2. The number of nitrogens with zero attached hydrogens (tertiary/aromatic N) is 2. The van der Waals surface area contributed by atoms with Crippen LogP contribution in [-0.4, -0.2) is 60.5 Å². The summed E-state index contributed by atoms with van der Waals surface area (Å²) in [7, 11) is 0. The smallest absolute Gasteiger partial charge is 0.227 e. The number of amides is 1. The van der Waals surface area contributed by atoms with Crippen molar-refractivity contribution in [2.75, 3.05) is 32.7 Å². The SMILES string of the molecule is CC1CN2CCCC2CN1C(=O)[C@@H]1CCCNC1.Cl.Cl. The molecule has 6 heteroatoms. The van der Waals surface area contributed by atoms with Gasteiger partial charge in [-0.25, -0.2) is 0 Å². The maximum atomic E-state index is 12.6. The number of carbonyl (C=O) groups excluding carboxylic acids is 1. The number of hydrogen-bond donors (Lipinski definition) is 1. The summed E-state index contributed by atoms with van der Waals surface area (Å²) in [6, 6.07) is 1.04. The lowest BCUT2D eigenvalue weighted by Gasteiger charge is -2.44. The maximum absolute atomic E-state index is 12.6. The van der Waals surface area contributed by atoms with E-state index < -0.39 is 0 Å². The van der Waals surface area contributed by atoms with Crippen molar-refractivity contribution in [3.8, 4) is 0 Å². The molecule has 3 aliphatic rings. The van der Waals surface area contributed by atoms with Crippen molar-refractivity contribution in [2.24, 2.45) is 5.92 Å². The van der Waals surface area contributed by atoms with E-state index in [4.69, 9.17) is 0 Å². The molecule has 0 aromatic carbocycles. The average Bonchev–Trinajstić information content (AvgIpc) is 2.85. The van der Waals surface area contributed by atoms with E-state index in [-0.39, 0.29) is 30.7 Å². The Hall–Kier alpha value is -0.0300. The summed E-state index contributed by atoms with van der Waals surface area (Å²) in [5.74, 6) is 0.635. The summed E-state index contributed by atoms with van der Waals surface area (Å²) >= 11 is 0. The molecule has 0 aromatic heterocycles. The first-order chi connectivity index (χ1) is 8.75. The number of hydrogen-bond acceptors (Lipinski definition) is 3. The molecule has 0 radical (unpaired) electrons. The Labute approximate surface area is 134 Å². The number of rotatable bonds is 1. The third-order valence-electron chi connectivity index (χ3n) is 4.87. The summed E-state index contributed by atoms with van der Waals surface area (Å²) in [6.45, 7) is 7.46. The minimum absolute atomic E-state index is 0. The highest BCUT2D eigenvalue weighted by atomic mass is 35.5. The van der Waals surface area contributed by atoms with Crippen LogP contribution in [0.25, 0.3) is 0 Å². The minimum Gasteiger partial charge on any atom is -0.337 e. The Kier molecular flexibility index (Phi) is 7.06. The van der Waals surface area contributed by atoms with E-state index in [1.165, 1.54) is 19.4 Å². The van der Waals surface area contributed by atoms with Gasteiger partial charge in [0.15, 0.2) is 0 Å². The van der Waals surface area contributed by atoms with Crippen LogP contribution in [0.5, 0.6) is 0 Å². The molecule has 3 rings (SSSR count). The van der Waals surface area contributed by atoms with Crippen LogP contribution in [0.1, 0.15) is 32.6 Å². The van der Waals surface area contributed by atoms with Crippen LogP contribution in [0.15, 0.2) is 0 Å². The fourth-order valence-corrected chi connectivity index (χ4v) is 3.79. The highest BCUT2D eigenvalue weighted by Crippen LogP contribution is 2.26. The molecule has 0 saturated carbocycles. The van der Waals surface area contributed by atoms with Crippen molar-refractivity contribution < 1.29 is 4.79 Å². The molecule has 20 heavy (non-hydrogen) atoms. The van der Waals surface area contributed by atoms with Crippen LogP contribution < -0.4 is 5.32 Å². The molecule has 1 amide bonds. The number of fused-ring (bicyclic) bond motifs is 1. The largest absolute Gasteiger partial charge is 0.337 e. The van der Waals surface area contributed by atoms with Crippen molar-refractivity contribution in [3.05, 3.63) is 0 Å². The van der Waals surface area contributed by atoms with Gasteiger partial charge in [0.25, 0.3) is 0 Å². The first-order valence-electron chi connectivity index (χ1n) is 7.51. The lowest BCUT2D eigenvalue weighted by Crippen LogP contribution is -2.58. The Morgan fingerprint density at radius 1 is 1.15 bits per heavy atom. The highest BCUT2D eigenvalue weighted by molar-refractivity contribution is 5.85. The summed E-state index contributed by atoms with van der Waals surface area (Å²) in [5.41, 5.74) is 0. The molecule has 118 valence electrons. The van der Waals surface area contributed by atoms with Gasteiger partial charge in [-0.3, -0.25) is 9.69 Å². The second-order valence-electron chi connectivity index (χ2n) is 6.17. The minimum atomic E-state index is 0. The van der Waals surface area contributed by atoms with Gasteiger partial charge in [-0.1, -0.05) is 0 Å². The lowest BCUT2D eigenvalue weighted by atomic mass is 9.96. The molecule has 3 fully saturated rings. The highest BCUT2D eigenvalue weighted by Gasteiger charge is 2.38. The van der Waals surface area contributed by atoms with Crippen LogP contribution in [-0.2, 0) is 4.79 Å². The molecule has 3 aliphatic heterocycles. The topological polar surface area (TPSA) is 35.6 Å². The fraction of sp³-hybridized carbons (Fsp3) is 0.929. The lowest BCUT2D eigenvalue weighted by molar-refractivity contribution is -0.141. The van der Waals surface area contributed by atoms with Crippen molar-refractivity contribution in [2.45, 2.75) is 44.7 Å². The van der Waals surface area contributed by atoms with Crippen molar-refractivity contribution >= 4 is 30.7 Å². The standard InChI is InChI=1S/C14H25N3O.2ClH/c1-11-9-16-7-3-5-13(16)10-17(11)14(18)12-4-2-6-15-8-12;;/h11-13,15H,2-10H2,1H3;2*1H/t11?,12-,13?;;/m1../s1. The summed E-state index contributed by atoms with van der Waals surface area (Å²) in [5, 5.41) is 3.36. The van der Waals surface area contributed by atoms with E-state index >= 15 is 0 Å². The second kappa shape index (κ2) is 7.83. The van der Waals surface area contributed by atoms with Crippen LogP contribution in [0.3, 0.4) is 0 Å². The Bertz CT molecular complexity index is 324. The molecule has 4 nitrogen and oxygen atoms in total. The molecule has 0 aromatic rings. The van der Waals surface area contributed by atoms with Crippen LogP contribution >= 0.6 is 24.8 Å². The number of piperazine rings is 1. The van der Waals surface area contributed by atoms with Gasteiger partial charge in [-0.05, 0) is 45.7 Å². The Morgan fingerprint density at radius 3 is 2.65 bits per heavy atom. The average molecular weight is 324 g/mol. The van der Waals surface area contributed by atoms with Gasteiger partial charge in [-0.15, -0.1) is 24.8 Å². The van der Waals surface area contributed by atoms with Gasteiger partial charge < -0.3 is 10.2 Å². The molecule has 0 spiro atoms. The molecular weight excluding hydrogens is 297 g/mol. The van der Waals surface area contributed by atoms with Gasteiger partial charge in [-0.2, -0.15) is 0 Å². The quantitative estimate of drug-likeness (QED) is 0.794. The van der Waals surface area contributed by atoms with Gasteiger partial charge in [0.05, 0.1) is 5.92 Å². The Balaban J connectivity index is 0.000001000. The number of nitrogens with one attached hydrogen (secondary N) is 1. The van der Waals surface area contributed by atoms with Gasteiger partial charge in [0, 0.05) is 31.7 Å². The third-order valence-corrected chi connectivity index (χ3v) is 4.87. The van der Waals surface area contributed by atoms with Crippen molar-refractivity contribution in [3.63, 3.8) is 0 Å². The molecular formula is C14H27Cl2N3O. The summed E-state index contributed by atoms with van der Waals surface area (Å²) in [6.07, 6.45) is 4.81. The fourth-order valence-electron chi connectivity index (χ4n) is 3.79. The maximum Gasteiger partial charge on any atom is 0.227 e. The van der Waals surface area contributed by atoms with E-state index in [2.05, 4.69) is 22.0 Å². The molecule has 2 unspecified atom stereocenters. The zero-order chi connectivity index (χ0) is 12.5. The molecule has 1 N–H and O–H groups in total. The molecule has 0 bridgehead atoms. The normalized spacial score (nSPS) is 33.9. The van der Waals surface area contributed by atoms with E-state index in [0.717, 1.165) is 39.0 Å². The van der Waals surface area contributed by atoms with Crippen molar-refractivity contribution in [1.82, 2.24) is 15.1 Å². The summed E-state index contributed by atoms with van der Waals surface area (Å²) < 4.78 is 0. The zero-order valence-corrected chi connectivity index (χ0v) is 13.8. The number of carbonyl (C=O) groups is 1. The van der Waals surface area contributed by atoms with E-state index in [1.807, 2.05) is 0 Å². The van der Waals surface area contributed by atoms with Crippen LogP contribution in [0.4, 0.5) is 0 Å². The van der Waals surface area contributed by atoms with E-state index in [1.54, 1.807) is 0 Å². The predicted molar refractivity (Wildman–Crippen MR) is 85.9 cm³/mol.